The van der Waals surface area contributed by atoms with Crippen LogP contribution in [0.15, 0.2) is 24.3 Å². The van der Waals surface area contributed by atoms with Gasteiger partial charge in [-0.15, -0.1) is 0 Å². The van der Waals surface area contributed by atoms with Gasteiger partial charge in [-0.05, 0) is 36.6 Å². The second-order valence-corrected chi connectivity index (χ2v) is 6.03. The predicted molar refractivity (Wildman–Crippen MR) is 87.7 cm³/mol. The number of hydrogen-bond donors (Lipinski definition) is 0. The van der Waals surface area contributed by atoms with Gasteiger partial charge >= 0.3 is 12.1 Å². The number of carbonyl (C=O) groups excluding carboxylic acids is 2. The van der Waals surface area contributed by atoms with Crippen LogP contribution in [0.25, 0.3) is 0 Å². The first-order chi connectivity index (χ1) is 10.9. The SMILES string of the molecule is CCCC(COC(=O)OCC(C)C)OC(=O)c1ccc(Cl)cc1. The van der Waals surface area contributed by atoms with Crippen LogP contribution in [0.1, 0.15) is 44.0 Å². The molecule has 1 atom stereocenters. The number of carbonyl (C=O) groups is 2. The third-order valence-electron chi connectivity index (χ3n) is 2.89. The second-order valence-electron chi connectivity index (χ2n) is 5.59. The van der Waals surface area contributed by atoms with Gasteiger partial charge in [0.25, 0.3) is 0 Å². The average Bonchev–Trinajstić information content (AvgIpc) is 2.51. The summed E-state index contributed by atoms with van der Waals surface area (Å²) in [5.41, 5.74) is 0.401. The van der Waals surface area contributed by atoms with Gasteiger partial charge in [-0.1, -0.05) is 38.8 Å². The highest BCUT2D eigenvalue weighted by molar-refractivity contribution is 6.30. The van der Waals surface area contributed by atoms with Crippen molar-refractivity contribution in [2.24, 2.45) is 5.92 Å². The van der Waals surface area contributed by atoms with E-state index in [0.29, 0.717) is 23.6 Å². The lowest BCUT2D eigenvalue weighted by Crippen LogP contribution is -2.26. The summed E-state index contributed by atoms with van der Waals surface area (Å²) in [5, 5.41) is 0.544. The molecular formula is C17H23ClO5. The minimum Gasteiger partial charge on any atom is -0.455 e. The summed E-state index contributed by atoms with van der Waals surface area (Å²) in [6.45, 7) is 6.09. The molecule has 0 radical (unpaired) electrons. The molecule has 0 bridgehead atoms. The van der Waals surface area contributed by atoms with Gasteiger partial charge in [0.15, 0.2) is 0 Å². The molecule has 0 spiro atoms. The Labute approximate surface area is 141 Å². The monoisotopic (exact) mass is 342 g/mol. The molecule has 0 aliphatic rings. The topological polar surface area (TPSA) is 61.8 Å². The highest BCUT2D eigenvalue weighted by Gasteiger charge is 2.18. The number of halogens is 1. The highest BCUT2D eigenvalue weighted by atomic mass is 35.5. The van der Waals surface area contributed by atoms with Crippen LogP contribution in [0.5, 0.6) is 0 Å². The van der Waals surface area contributed by atoms with Crippen LogP contribution in [0.3, 0.4) is 0 Å². The van der Waals surface area contributed by atoms with Gasteiger partial charge in [-0.25, -0.2) is 9.59 Å². The molecule has 1 unspecified atom stereocenters. The molecule has 1 rings (SSSR count). The molecule has 0 aliphatic heterocycles. The third kappa shape index (κ3) is 7.88. The first-order valence-electron chi connectivity index (χ1n) is 7.68. The lowest BCUT2D eigenvalue weighted by Gasteiger charge is -2.17. The van der Waals surface area contributed by atoms with Crippen LogP contribution in [0, 0.1) is 5.92 Å². The number of ether oxygens (including phenoxy) is 3. The van der Waals surface area contributed by atoms with Crippen molar-refractivity contribution in [1.82, 2.24) is 0 Å². The lowest BCUT2D eigenvalue weighted by atomic mass is 10.2. The Morgan fingerprint density at radius 2 is 1.70 bits per heavy atom. The maximum absolute atomic E-state index is 12.1. The fourth-order valence-electron chi connectivity index (χ4n) is 1.74. The molecule has 0 aliphatic carbocycles. The van der Waals surface area contributed by atoms with Crippen LogP contribution in [-0.2, 0) is 14.2 Å². The van der Waals surface area contributed by atoms with Gasteiger partial charge in [0.05, 0.1) is 12.2 Å². The average molecular weight is 343 g/mol. The van der Waals surface area contributed by atoms with E-state index in [1.54, 1.807) is 24.3 Å². The largest absolute Gasteiger partial charge is 0.508 e. The summed E-state index contributed by atoms with van der Waals surface area (Å²) in [6.07, 6.45) is 0.136. The van der Waals surface area contributed by atoms with Crippen LogP contribution in [0.2, 0.25) is 5.02 Å². The second kappa shape index (κ2) is 10.1. The van der Waals surface area contributed by atoms with Gasteiger partial charge in [0.2, 0.25) is 0 Å². The molecule has 128 valence electrons. The quantitative estimate of drug-likeness (QED) is 0.652. The number of hydrogen-bond acceptors (Lipinski definition) is 5. The van der Waals surface area contributed by atoms with E-state index in [9.17, 15) is 9.59 Å². The summed E-state index contributed by atoms with van der Waals surface area (Å²) < 4.78 is 15.3. The maximum atomic E-state index is 12.1. The van der Waals surface area contributed by atoms with Crippen molar-refractivity contribution in [3.63, 3.8) is 0 Å². The molecule has 0 N–H and O–H groups in total. The summed E-state index contributed by atoms with van der Waals surface area (Å²) in [5.74, 6) is -0.240. The van der Waals surface area contributed by atoms with Crippen molar-refractivity contribution in [1.29, 1.82) is 0 Å². The van der Waals surface area contributed by atoms with Gasteiger partial charge in [0.1, 0.15) is 12.7 Å². The number of benzene rings is 1. The smallest absolute Gasteiger partial charge is 0.455 e. The van der Waals surface area contributed by atoms with E-state index in [2.05, 4.69) is 0 Å². The van der Waals surface area contributed by atoms with Crippen molar-refractivity contribution in [3.05, 3.63) is 34.9 Å². The molecule has 0 amide bonds. The molecule has 0 saturated heterocycles. The van der Waals surface area contributed by atoms with Crippen molar-refractivity contribution in [2.75, 3.05) is 13.2 Å². The van der Waals surface area contributed by atoms with Gasteiger partial charge < -0.3 is 14.2 Å². The van der Waals surface area contributed by atoms with E-state index in [1.807, 2.05) is 20.8 Å². The Morgan fingerprint density at radius 1 is 1.09 bits per heavy atom. The lowest BCUT2D eigenvalue weighted by molar-refractivity contribution is -0.0109. The summed E-state index contributed by atoms with van der Waals surface area (Å²) >= 11 is 5.78. The Bertz CT molecular complexity index is 498. The molecule has 0 aromatic heterocycles. The Balaban J connectivity index is 2.49. The molecule has 6 heteroatoms. The van der Waals surface area contributed by atoms with Gasteiger partial charge in [-0.3, -0.25) is 0 Å². The van der Waals surface area contributed by atoms with Crippen LogP contribution in [0.4, 0.5) is 4.79 Å². The molecular weight excluding hydrogens is 320 g/mol. The first-order valence-corrected chi connectivity index (χ1v) is 8.06. The zero-order chi connectivity index (χ0) is 17.2. The molecule has 1 aromatic rings. The van der Waals surface area contributed by atoms with Crippen molar-refractivity contribution in [3.8, 4) is 0 Å². The Kier molecular flexibility index (Phi) is 8.48. The summed E-state index contributed by atoms with van der Waals surface area (Å²) in [7, 11) is 0. The van der Waals surface area contributed by atoms with Crippen LogP contribution >= 0.6 is 11.6 Å². The van der Waals surface area contributed by atoms with E-state index in [4.69, 9.17) is 25.8 Å². The molecule has 5 nitrogen and oxygen atoms in total. The number of esters is 1. The molecule has 0 saturated carbocycles. The first kappa shape index (κ1) is 19.3. The molecule has 0 fully saturated rings. The minimum absolute atomic E-state index is 0.0237. The minimum atomic E-state index is -0.748. The van der Waals surface area contributed by atoms with E-state index in [1.165, 1.54) is 0 Å². The Morgan fingerprint density at radius 3 is 2.26 bits per heavy atom. The fourth-order valence-corrected chi connectivity index (χ4v) is 1.87. The van der Waals surface area contributed by atoms with Gasteiger partial charge in [-0.2, -0.15) is 0 Å². The Hall–Kier alpha value is -1.75. The molecule has 1 aromatic carbocycles. The van der Waals surface area contributed by atoms with Crippen LogP contribution < -0.4 is 0 Å². The van der Waals surface area contributed by atoms with Gasteiger partial charge in [0, 0.05) is 5.02 Å². The predicted octanol–water partition coefficient (Wildman–Crippen LogP) is 4.47. The summed E-state index contributed by atoms with van der Waals surface area (Å²) in [6, 6.07) is 6.41. The van der Waals surface area contributed by atoms with Crippen LogP contribution in [-0.4, -0.2) is 31.4 Å². The van der Waals surface area contributed by atoms with Crippen molar-refractivity contribution >= 4 is 23.7 Å². The zero-order valence-corrected chi connectivity index (χ0v) is 14.5. The third-order valence-corrected chi connectivity index (χ3v) is 3.14. The van der Waals surface area contributed by atoms with E-state index in [-0.39, 0.29) is 12.5 Å². The van der Waals surface area contributed by atoms with E-state index >= 15 is 0 Å². The fraction of sp³-hybridized carbons (Fsp3) is 0.529. The highest BCUT2D eigenvalue weighted by Crippen LogP contribution is 2.13. The van der Waals surface area contributed by atoms with Crippen molar-refractivity contribution < 1.29 is 23.8 Å². The molecule has 0 heterocycles. The molecule has 23 heavy (non-hydrogen) atoms. The van der Waals surface area contributed by atoms with Crippen molar-refractivity contribution in [2.45, 2.75) is 39.7 Å². The number of rotatable bonds is 8. The van der Waals surface area contributed by atoms with E-state index in [0.717, 1.165) is 6.42 Å². The van der Waals surface area contributed by atoms with E-state index < -0.39 is 18.2 Å². The normalized spacial score (nSPS) is 11.9. The zero-order valence-electron chi connectivity index (χ0n) is 13.7. The maximum Gasteiger partial charge on any atom is 0.508 e. The standard InChI is InChI=1S/C17H23ClO5/c1-4-5-15(11-22-17(20)21-10-12(2)3)23-16(19)13-6-8-14(18)9-7-13/h6-9,12,15H,4-5,10-11H2,1-3H3. The summed E-state index contributed by atoms with van der Waals surface area (Å²) in [4.78, 5) is 23.5.